The Kier molecular flexibility index (Phi) is 3.34. The van der Waals surface area contributed by atoms with Crippen molar-refractivity contribution in [2.45, 2.75) is 25.8 Å². The molecule has 0 unspecified atom stereocenters. The van der Waals surface area contributed by atoms with Gasteiger partial charge in [-0.3, -0.25) is 4.79 Å². The van der Waals surface area contributed by atoms with Gasteiger partial charge in [0.2, 0.25) is 5.95 Å². The minimum Gasteiger partial charge on any atom is -0.443 e. The number of hydrogen-bond donors (Lipinski definition) is 0. The van der Waals surface area contributed by atoms with Crippen LogP contribution in [0.4, 0.5) is 5.95 Å². The topological polar surface area (TPSA) is 77.1 Å². The van der Waals surface area contributed by atoms with Gasteiger partial charge in [0.1, 0.15) is 0 Å². The molecule has 1 aliphatic carbocycles. The third-order valence-corrected chi connectivity index (χ3v) is 5.17. The molecular weight excluding hydrogens is 342 g/mol. The number of nitrogens with zero attached hydrogens (tertiary/aromatic N) is 5. The van der Waals surface area contributed by atoms with E-state index in [9.17, 15) is 4.79 Å². The van der Waals surface area contributed by atoms with Gasteiger partial charge in [-0.1, -0.05) is 6.07 Å². The maximum atomic E-state index is 13.0. The lowest BCUT2D eigenvalue weighted by molar-refractivity contribution is 0.604. The molecule has 0 spiro atoms. The first-order valence-corrected chi connectivity index (χ1v) is 8.97. The molecular formula is C20H19N5O2. The molecule has 3 aromatic heterocycles. The summed E-state index contributed by atoms with van der Waals surface area (Å²) >= 11 is 0. The lowest BCUT2D eigenvalue weighted by Crippen LogP contribution is -2.20. The highest BCUT2D eigenvalue weighted by Crippen LogP contribution is 2.40. The summed E-state index contributed by atoms with van der Waals surface area (Å²) in [7, 11) is 3.82. The monoisotopic (exact) mass is 361 g/mol. The highest BCUT2D eigenvalue weighted by atomic mass is 16.3. The van der Waals surface area contributed by atoms with E-state index < -0.39 is 0 Å². The summed E-state index contributed by atoms with van der Waals surface area (Å²) in [6.45, 7) is 2.04. The second-order valence-electron chi connectivity index (χ2n) is 7.24. The van der Waals surface area contributed by atoms with E-state index in [1.165, 1.54) is 6.39 Å². The minimum absolute atomic E-state index is 0.0757. The quantitative estimate of drug-likeness (QED) is 0.557. The van der Waals surface area contributed by atoms with Gasteiger partial charge in [0.25, 0.3) is 5.56 Å². The zero-order valence-electron chi connectivity index (χ0n) is 15.4. The number of aromatic nitrogens is 4. The molecule has 0 radical (unpaired) electrons. The van der Waals surface area contributed by atoms with Crippen LogP contribution in [0.25, 0.3) is 33.1 Å². The van der Waals surface area contributed by atoms with Crippen LogP contribution in [-0.4, -0.2) is 33.6 Å². The van der Waals surface area contributed by atoms with E-state index in [1.54, 1.807) is 0 Å². The highest BCUT2D eigenvalue weighted by Gasteiger charge is 2.29. The maximum Gasteiger partial charge on any atom is 0.281 e. The molecule has 0 saturated heterocycles. The standard InChI is InChI=1S/C20H19N5O2/c1-11-14(12-8-21-20(22-9-12)24(2)3)6-7-15-17(11)25(13-4-5-13)19(26)16-18(15)27-10-23-16/h6-10,13H,4-5H2,1-3H3. The highest BCUT2D eigenvalue weighted by molar-refractivity contribution is 6.03. The van der Waals surface area contributed by atoms with Gasteiger partial charge in [0.15, 0.2) is 17.5 Å². The molecule has 0 N–H and O–H groups in total. The number of pyridine rings is 1. The molecule has 4 aromatic rings. The normalized spacial score (nSPS) is 14.2. The zero-order valence-corrected chi connectivity index (χ0v) is 15.4. The zero-order chi connectivity index (χ0) is 18.7. The molecule has 7 nitrogen and oxygen atoms in total. The van der Waals surface area contributed by atoms with Crippen LogP contribution in [-0.2, 0) is 0 Å². The fourth-order valence-corrected chi connectivity index (χ4v) is 3.68. The van der Waals surface area contributed by atoms with E-state index >= 15 is 0 Å². The fraction of sp³-hybridized carbons (Fsp3) is 0.300. The molecule has 0 amide bonds. The van der Waals surface area contributed by atoms with Crippen LogP contribution >= 0.6 is 0 Å². The molecule has 0 bridgehead atoms. The number of oxazole rings is 1. The average molecular weight is 361 g/mol. The Morgan fingerprint density at radius 3 is 2.56 bits per heavy atom. The first-order valence-electron chi connectivity index (χ1n) is 8.97. The van der Waals surface area contributed by atoms with Crippen LogP contribution in [0, 0.1) is 6.92 Å². The molecule has 0 atom stereocenters. The molecule has 1 aliphatic rings. The molecule has 136 valence electrons. The number of hydrogen-bond acceptors (Lipinski definition) is 6. The number of fused-ring (bicyclic) bond motifs is 3. The molecule has 1 fully saturated rings. The lowest BCUT2D eigenvalue weighted by atomic mass is 9.99. The van der Waals surface area contributed by atoms with Gasteiger partial charge in [-0.15, -0.1) is 0 Å². The number of rotatable bonds is 3. The smallest absolute Gasteiger partial charge is 0.281 e. The van der Waals surface area contributed by atoms with E-state index in [-0.39, 0.29) is 11.6 Å². The molecule has 7 heteroatoms. The van der Waals surface area contributed by atoms with Crippen molar-refractivity contribution < 1.29 is 4.42 Å². The summed E-state index contributed by atoms with van der Waals surface area (Å²) in [5.41, 5.74) is 4.76. The molecule has 1 saturated carbocycles. The van der Waals surface area contributed by atoms with E-state index in [2.05, 4.69) is 15.0 Å². The van der Waals surface area contributed by atoms with Gasteiger partial charge in [-0.05, 0) is 37.0 Å². The van der Waals surface area contributed by atoms with Crippen LogP contribution in [0.3, 0.4) is 0 Å². The number of benzene rings is 1. The van der Waals surface area contributed by atoms with Gasteiger partial charge >= 0.3 is 0 Å². The first-order chi connectivity index (χ1) is 13.1. The predicted molar refractivity (Wildman–Crippen MR) is 104 cm³/mol. The van der Waals surface area contributed by atoms with Gasteiger partial charge < -0.3 is 13.9 Å². The third-order valence-electron chi connectivity index (χ3n) is 5.17. The molecule has 5 rings (SSSR count). The average Bonchev–Trinajstić information content (AvgIpc) is 3.37. The van der Waals surface area contributed by atoms with E-state index in [1.807, 2.05) is 55.0 Å². The van der Waals surface area contributed by atoms with Crippen molar-refractivity contribution in [3.8, 4) is 11.1 Å². The van der Waals surface area contributed by atoms with Crippen LogP contribution in [0.2, 0.25) is 0 Å². The second kappa shape index (κ2) is 5.64. The SMILES string of the molecule is Cc1c(-c2cnc(N(C)C)nc2)ccc2c3ocnc3c(=O)n(C3CC3)c12. The Balaban J connectivity index is 1.81. The minimum atomic E-state index is -0.0757. The summed E-state index contributed by atoms with van der Waals surface area (Å²) in [4.78, 5) is 27.9. The van der Waals surface area contributed by atoms with Gasteiger partial charge in [-0.2, -0.15) is 0 Å². The van der Waals surface area contributed by atoms with Gasteiger partial charge in [0.05, 0.1) is 5.52 Å². The van der Waals surface area contributed by atoms with E-state index in [0.29, 0.717) is 17.0 Å². The van der Waals surface area contributed by atoms with Crippen LogP contribution in [0.5, 0.6) is 0 Å². The summed E-state index contributed by atoms with van der Waals surface area (Å²) in [6.07, 6.45) is 7.03. The van der Waals surface area contributed by atoms with Crippen molar-refractivity contribution in [2.75, 3.05) is 19.0 Å². The van der Waals surface area contributed by atoms with Crippen molar-refractivity contribution in [1.29, 1.82) is 0 Å². The van der Waals surface area contributed by atoms with Crippen molar-refractivity contribution in [2.24, 2.45) is 0 Å². The number of anilines is 1. The van der Waals surface area contributed by atoms with Gasteiger partial charge in [-0.25, -0.2) is 15.0 Å². The Morgan fingerprint density at radius 1 is 1.15 bits per heavy atom. The van der Waals surface area contributed by atoms with Crippen LogP contribution in [0.1, 0.15) is 24.4 Å². The Bertz CT molecular complexity index is 1230. The van der Waals surface area contributed by atoms with E-state index in [4.69, 9.17) is 4.42 Å². The molecule has 3 heterocycles. The van der Waals surface area contributed by atoms with Crippen molar-refractivity contribution in [1.82, 2.24) is 19.5 Å². The van der Waals surface area contributed by atoms with Gasteiger partial charge in [0, 0.05) is 43.5 Å². The van der Waals surface area contributed by atoms with Crippen molar-refractivity contribution in [3.63, 3.8) is 0 Å². The summed E-state index contributed by atoms with van der Waals surface area (Å²) in [5, 5.41) is 0.918. The Labute approximate surface area is 155 Å². The molecule has 27 heavy (non-hydrogen) atoms. The van der Waals surface area contributed by atoms with Crippen molar-refractivity contribution >= 4 is 28.0 Å². The second-order valence-corrected chi connectivity index (χ2v) is 7.24. The maximum absolute atomic E-state index is 13.0. The summed E-state index contributed by atoms with van der Waals surface area (Å²) in [6, 6.07) is 4.28. The third kappa shape index (κ3) is 2.34. The Hall–Kier alpha value is -3.22. The largest absolute Gasteiger partial charge is 0.443 e. The lowest BCUT2D eigenvalue weighted by Gasteiger charge is -2.16. The first kappa shape index (κ1) is 16.0. The Morgan fingerprint density at radius 2 is 1.89 bits per heavy atom. The molecule has 0 aliphatic heterocycles. The predicted octanol–water partition coefficient (Wildman–Crippen LogP) is 3.31. The molecule has 1 aromatic carbocycles. The van der Waals surface area contributed by atoms with Crippen LogP contribution < -0.4 is 10.5 Å². The number of aryl methyl sites for hydroxylation is 1. The summed E-state index contributed by atoms with van der Waals surface area (Å²) in [5.74, 6) is 0.662. The van der Waals surface area contributed by atoms with Crippen LogP contribution in [0.15, 0.2) is 40.1 Å². The summed E-state index contributed by atoms with van der Waals surface area (Å²) < 4.78 is 7.45. The van der Waals surface area contributed by atoms with Crippen molar-refractivity contribution in [3.05, 3.63) is 46.8 Å². The van der Waals surface area contributed by atoms with E-state index in [0.717, 1.165) is 40.4 Å². The fourth-order valence-electron chi connectivity index (χ4n) is 3.68.